The lowest BCUT2D eigenvalue weighted by molar-refractivity contribution is 0.474. The SMILES string of the molecule is CC(C)CCN=Cc1ccccc1O. The van der Waals surface area contributed by atoms with E-state index in [0.29, 0.717) is 11.7 Å². The van der Waals surface area contributed by atoms with Crippen molar-refractivity contribution in [2.24, 2.45) is 10.9 Å². The molecule has 1 aromatic carbocycles. The Hall–Kier alpha value is -1.31. The smallest absolute Gasteiger partial charge is 0.124 e. The Morgan fingerprint density at radius 2 is 2.07 bits per heavy atom. The highest BCUT2D eigenvalue weighted by Gasteiger charge is 1.94. The predicted molar refractivity (Wildman–Crippen MR) is 60.0 cm³/mol. The minimum absolute atomic E-state index is 0.292. The van der Waals surface area contributed by atoms with Crippen LogP contribution in [0.1, 0.15) is 25.8 Å². The van der Waals surface area contributed by atoms with Crippen LogP contribution in [0.3, 0.4) is 0 Å². The first-order valence-electron chi connectivity index (χ1n) is 4.98. The van der Waals surface area contributed by atoms with Gasteiger partial charge in [0.05, 0.1) is 0 Å². The van der Waals surface area contributed by atoms with Gasteiger partial charge in [0.1, 0.15) is 5.75 Å². The zero-order valence-electron chi connectivity index (χ0n) is 8.77. The van der Waals surface area contributed by atoms with Crippen molar-refractivity contribution in [3.05, 3.63) is 29.8 Å². The second kappa shape index (κ2) is 5.43. The van der Waals surface area contributed by atoms with E-state index in [4.69, 9.17) is 0 Å². The van der Waals surface area contributed by atoms with Crippen LogP contribution in [0.2, 0.25) is 0 Å². The van der Waals surface area contributed by atoms with Crippen LogP contribution in [0.5, 0.6) is 5.75 Å². The van der Waals surface area contributed by atoms with E-state index in [1.54, 1.807) is 18.3 Å². The third-order valence-electron chi connectivity index (χ3n) is 2.00. The number of benzene rings is 1. The van der Waals surface area contributed by atoms with Crippen LogP contribution in [-0.2, 0) is 0 Å². The summed E-state index contributed by atoms with van der Waals surface area (Å²) < 4.78 is 0. The summed E-state index contributed by atoms with van der Waals surface area (Å²) in [6, 6.07) is 7.22. The summed E-state index contributed by atoms with van der Waals surface area (Å²) in [7, 11) is 0. The average molecular weight is 191 g/mol. The Bertz CT molecular complexity index is 305. The van der Waals surface area contributed by atoms with Crippen molar-refractivity contribution in [1.29, 1.82) is 0 Å². The number of nitrogens with zero attached hydrogens (tertiary/aromatic N) is 1. The third kappa shape index (κ3) is 3.60. The van der Waals surface area contributed by atoms with Crippen molar-refractivity contribution in [2.45, 2.75) is 20.3 Å². The highest BCUT2D eigenvalue weighted by Crippen LogP contribution is 2.12. The fraction of sp³-hybridized carbons (Fsp3) is 0.417. The average Bonchev–Trinajstić information content (AvgIpc) is 2.15. The normalized spacial score (nSPS) is 11.4. The van der Waals surface area contributed by atoms with Gasteiger partial charge in [-0.3, -0.25) is 4.99 Å². The Morgan fingerprint density at radius 1 is 1.36 bits per heavy atom. The van der Waals surface area contributed by atoms with Gasteiger partial charge >= 0.3 is 0 Å². The predicted octanol–water partition coefficient (Wildman–Crippen LogP) is 2.86. The first-order valence-corrected chi connectivity index (χ1v) is 4.98. The van der Waals surface area contributed by atoms with E-state index in [-0.39, 0.29) is 0 Å². The maximum absolute atomic E-state index is 9.43. The Labute approximate surface area is 85.3 Å². The van der Waals surface area contributed by atoms with Crippen molar-refractivity contribution < 1.29 is 5.11 Å². The molecule has 0 aliphatic heterocycles. The topological polar surface area (TPSA) is 32.6 Å². The molecule has 0 spiro atoms. The number of aliphatic imine (C=N–C) groups is 1. The summed E-state index contributed by atoms with van der Waals surface area (Å²) >= 11 is 0. The number of hydrogen-bond acceptors (Lipinski definition) is 2. The van der Waals surface area contributed by atoms with Crippen LogP contribution in [0, 0.1) is 5.92 Å². The van der Waals surface area contributed by atoms with Gasteiger partial charge in [-0.15, -0.1) is 0 Å². The van der Waals surface area contributed by atoms with E-state index in [1.165, 1.54) is 0 Å². The molecule has 1 rings (SSSR count). The molecule has 76 valence electrons. The molecular weight excluding hydrogens is 174 g/mol. The maximum atomic E-state index is 9.43. The van der Waals surface area contributed by atoms with Gasteiger partial charge in [-0.05, 0) is 24.5 Å². The van der Waals surface area contributed by atoms with Crippen molar-refractivity contribution in [1.82, 2.24) is 0 Å². The zero-order chi connectivity index (χ0) is 10.4. The molecule has 2 nitrogen and oxygen atoms in total. The van der Waals surface area contributed by atoms with Crippen LogP contribution in [0.25, 0.3) is 0 Å². The molecule has 14 heavy (non-hydrogen) atoms. The van der Waals surface area contributed by atoms with E-state index in [2.05, 4.69) is 18.8 Å². The van der Waals surface area contributed by atoms with Gasteiger partial charge in [-0.1, -0.05) is 26.0 Å². The molecule has 0 atom stereocenters. The zero-order valence-corrected chi connectivity index (χ0v) is 8.77. The number of para-hydroxylation sites is 1. The molecule has 0 saturated heterocycles. The van der Waals surface area contributed by atoms with Gasteiger partial charge in [-0.2, -0.15) is 0 Å². The molecule has 0 unspecified atom stereocenters. The molecule has 0 aromatic heterocycles. The molecule has 1 N–H and O–H groups in total. The van der Waals surface area contributed by atoms with Crippen LogP contribution >= 0.6 is 0 Å². The molecule has 0 radical (unpaired) electrons. The molecule has 0 bridgehead atoms. The van der Waals surface area contributed by atoms with E-state index in [9.17, 15) is 5.11 Å². The summed E-state index contributed by atoms with van der Waals surface area (Å²) in [6.07, 6.45) is 2.82. The highest BCUT2D eigenvalue weighted by atomic mass is 16.3. The van der Waals surface area contributed by atoms with Crippen molar-refractivity contribution >= 4 is 6.21 Å². The van der Waals surface area contributed by atoms with Crippen LogP contribution < -0.4 is 0 Å². The van der Waals surface area contributed by atoms with Crippen LogP contribution in [0.4, 0.5) is 0 Å². The van der Waals surface area contributed by atoms with Gasteiger partial charge in [0, 0.05) is 18.3 Å². The van der Waals surface area contributed by atoms with Gasteiger partial charge in [-0.25, -0.2) is 0 Å². The van der Waals surface area contributed by atoms with E-state index in [1.807, 2.05) is 12.1 Å². The molecule has 0 amide bonds. The Kier molecular flexibility index (Phi) is 4.17. The molecule has 2 heteroatoms. The van der Waals surface area contributed by atoms with Gasteiger partial charge in [0.15, 0.2) is 0 Å². The summed E-state index contributed by atoms with van der Waals surface area (Å²) in [5, 5.41) is 9.43. The Morgan fingerprint density at radius 3 is 2.71 bits per heavy atom. The summed E-state index contributed by atoms with van der Waals surface area (Å²) in [5.41, 5.74) is 0.788. The van der Waals surface area contributed by atoms with Gasteiger partial charge in [0.25, 0.3) is 0 Å². The molecule has 0 aliphatic carbocycles. The minimum atomic E-state index is 0.292. The van der Waals surface area contributed by atoms with E-state index >= 15 is 0 Å². The summed E-state index contributed by atoms with van der Waals surface area (Å²) in [4.78, 5) is 4.26. The molecule has 0 saturated carbocycles. The fourth-order valence-corrected chi connectivity index (χ4v) is 1.09. The van der Waals surface area contributed by atoms with Gasteiger partial charge in [0.2, 0.25) is 0 Å². The molecule has 0 heterocycles. The van der Waals surface area contributed by atoms with Crippen LogP contribution in [-0.4, -0.2) is 17.9 Å². The molecule has 1 aromatic rings. The second-order valence-electron chi connectivity index (χ2n) is 3.78. The largest absolute Gasteiger partial charge is 0.507 e. The highest BCUT2D eigenvalue weighted by molar-refractivity contribution is 5.83. The molecular formula is C12H17NO. The van der Waals surface area contributed by atoms with Crippen molar-refractivity contribution in [2.75, 3.05) is 6.54 Å². The van der Waals surface area contributed by atoms with E-state index in [0.717, 1.165) is 18.5 Å². The van der Waals surface area contributed by atoms with E-state index < -0.39 is 0 Å². The van der Waals surface area contributed by atoms with Gasteiger partial charge < -0.3 is 5.11 Å². The quantitative estimate of drug-likeness (QED) is 0.729. The molecule has 0 aliphatic rings. The maximum Gasteiger partial charge on any atom is 0.124 e. The lowest BCUT2D eigenvalue weighted by atomic mass is 10.1. The number of aromatic hydroxyl groups is 1. The number of rotatable bonds is 4. The standard InChI is InChI=1S/C12H17NO/c1-10(2)7-8-13-9-11-5-3-4-6-12(11)14/h3-6,9-10,14H,7-8H2,1-2H3. The summed E-state index contributed by atoms with van der Waals surface area (Å²) in [5.74, 6) is 0.970. The number of phenols is 1. The monoisotopic (exact) mass is 191 g/mol. The Balaban J connectivity index is 2.48. The lowest BCUT2D eigenvalue weighted by Gasteiger charge is -2.00. The van der Waals surface area contributed by atoms with Crippen molar-refractivity contribution in [3.8, 4) is 5.75 Å². The second-order valence-corrected chi connectivity index (χ2v) is 3.78. The third-order valence-corrected chi connectivity index (χ3v) is 2.00. The van der Waals surface area contributed by atoms with Crippen molar-refractivity contribution in [3.63, 3.8) is 0 Å². The number of hydrogen-bond donors (Lipinski definition) is 1. The minimum Gasteiger partial charge on any atom is -0.507 e. The van der Waals surface area contributed by atoms with Crippen LogP contribution in [0.15, 0.2) is 29.3 Å². The first kappa shape index (κ1) is 10.8. The number of phenolic OH excluding ortho intramolecular Hbond substituents is 1. The summed E-state index contributed by atoms with van der Waals surface area (Å²) in [6.45, 7) is 5.18. The fourth-order valence-electron chi connectivity index (χ4n) is 1.09. The first-order chi connectivity index (χ1) is 6.70. The molecule has 0 fully saturated rings. The lowest BCUT2D eigenvalue weighted by Crippen LogP contribution is -1.91.